The van der Waals surface area contributed by atoms with Gasteiger partial charge in [0.25, 0.3) is 0 Å². The number of halogens is 1. The van der Waals surface area contributed by atoms with Crippen molar-refractivity contribution >= 4 is 15.9 Å². The van der Waals surface area contributed by atoms with Gasteiger partial charge in [0.1, 0.15) is 0 Å². The fourth-order valence-electron chi connectivity index (χ4n) is 4.76. The Kier molecular flexibility index (Phi) is 53.8. The standard InChI is InChI=1S/C20H32O2.C11H16.C9H17BrO2.C4H9.Li/c1-2-3-4-5-6-7-8-9-10-11-12-13-15-18-21-20-17-14-16-19-22-20;1-3-5-7-9-11-10-8-6-4-2;10-6-2-4-8-12-9-5-1-3-7-11-9;1-3-4-2;/h1,20H,3-9,12-19H2;1-2H,5-11H2;9H,1-8H2;1,3-4H2,2H3;/q;;;-1;+1. The van der Waals surface area contributed by atoms with Crippen LogP contribution in [0.2, 0.25) is 0 Å². The first-order valence-corrected chi connectivity index (χ1v) is 20.9. The molecule has 0 N–H and O–H groups in total. The minimum atomic E-state index is 0. The molecule has 0 aromatic carbocycles. The fourth-order valence-corrected chi connectivity index (χ4v) is 5.16. The minimum Gasteiger partial charge on any atom is -0.353 e. The third kappa shape index (κ3) is 47.2. The normalized spacial score (nSPS) is 16.0. The second-order valence-corrected chi connectivity index (χ2v) is 13.3. The number of terminal acetylenes is 3. The number of ether oxygens (including phenoxy) is 4. The summed E-state index contributed by atoms with van der Waals surface area (Å²) in [4.78, 5) is 0. The van der Waals surface area contributed by atoms with Crippen LogP contribution in [0.1, 0.15) is 180 Å². The first-order valence-electron chi connectivity index (χ1n) is 19.8. The molecule has 0 saturated carbocycles. The molecule has 4 nitrogen and oxygen atoms in total. The second kappa shape index (κ2) is 50.3. The van der Waals surface area contributed by atoms with E-state index in [0.29, 0.717) is 0 Å². The van der Waals surface area contributed by atoms with Gasteiger partial charge in [0.05, 0.1) is 0 Å². The number of rotatable bonds is 23. The predicted molar refractivity (Wildman–Crippen MR) is 215 cm³/mol. The van der Waals surface area contributed by atoms with Gasteiger partial charge in [-0.1, -0.05) is 67.8 Å². The minimum absolute atomic E-state index is 0. The van der Waals surface area contributed by atoms with Gasteiger partial charge in [0.15, 0.2) is 12.6 Å². The molecule has 2 aliphatic rings. The molecule has 2 aliphatic heterocycles. The van der Waals surface area contributed by atoms with E-state index in [0.717, 1.165) is 102 Å². The topological polar surface area (TPSA) is 36.9 Å². The quantitative estimate of drug-likeness (QED) is 0.0343. The Labute approximate surface area is 332 Å². The Balaban J connectivity index is -0.000000669. The van der Waals surface area contributed by atoms with Gasteiger partial charge >= 0.3 is 18.9 Å². The van der Waals surface area contributed by atoms with Gasteiger partial charge in [-0.3, -0.25) is 0 Å². The molecule has 2 atom stereocenters. The molecule has 0 aliphatic carbocycles. The van der Waals surface area contributed by atoms with Crippen LogP contribution in [0.15, 0.2) is 0 Å². The van der Waals surface area contributed by atoms with Crippen molar-refractivity contribution in [3.05, 3.63) is 6.92 Å². The van der Waals surface area contributed by atoms with Crippen LogP contribution in [-0.4, -0.2) is 44.3 Å². The largest absolute Gasteiger partial charge is 1.00 e. The fraction of sp³-hybridized carbons (Fsp3) is 0.795. The summed E-state index contributed by atoms with van der Waals surface area (Å²) >= 11 is 3.39. The molecule has 282 valence electrons. The summed E-state index contributed by atoms with van der Waals surface area (Å²) in [6, 6.07) is 0. The third-order valence-corrected chi connectivity index (χ3v) is 8.41. The van der Waals surface area contributed by atoms with E-state index in [4.69, 9.17) is 38.2 Å². The van der Waals surface area contributed by atoms with Crippen LogP contribution in [-0.2, 0) is 18.9 Å². The zero-order valence-corrected chi connectivity index (χ0v) is 34.3. The molecule has 0 aromatic rings. The number of unbranched alkanes of at least 4 members (excludes halogenated alkanes) is 16. The van der Waals surface area contributed by atoms with Gasteiger partial charge in [-0.25, -0.2) is 0 Å². The number of hydrogen-bond donors (Lipinski definition) is 0. The summed E-state index contributed by atoms with van der Waals surface area (Å²) in [7, 11) is 0. The molecule has 2 rings (SSSR count). The van der Waals surface area contributed by atoms with Crippen molar-refractivity contribution in [3.8, 4) is 48.9 Å². The van der Waals surface area contributed by atoms with Crippen LogP contribution >= 0.6 is 15.9 Å². The van der Waals surface area contributed by atoms with Crippen LogP contribution in [0.25, 0.3) is 0 Å². The van der Waals surface area contributed by atoms with E-state index in [9.17, 15) is 0 Å². The summed E-state index contributed by atoms with van der Waals surface area (Å²) in [5.41, 5.74) is 0. The SMILES string of the molecule is BrCCCCOC1CCCCO1.C#CCCCCCCCC#C.C#CCCCCCCCC#CCCCCOC1CCCCO1.[CH2-]CCC.[Li+]. The van der Waals surface area contributed by atoms with Gasteiger partial charge in [-0.15, -0.1) is 48.9 Å². The zero-order valence-electron chi connectivity index (χ0n) is 32.7. The molecule has 0 bridgehead atoms. The molecular weight excluding hydrogens is 679 g/mol. The first kappa shape index (κ1) is 53.5. The van der Waals surface area contributed by atoms with Crippen molar-refractivity contribution in [2.75, 3.05) is 31.8 Å². The van der Waals surface area contributed by atoms with Crippen LogP contribution in [0.4, 0.5) is 0 Å². The molecule has 50 heavy (non-hydrogen) atoms. The molecule has 2 unspecified atom stereocenters. The van der Waals surface area contributed by atoms with E-state index in [1.807, 2.05) is 0 Å². The molecule has 0 aromatic heterocycles. The number of alkyl halides is 1. The summed E-state index contributed by atoms with van der Waals surface area (Å²) in [6.07, 6.45) is 46.6. The third-order valence-electron chi connectivity index (χ3n) is 7.85. The van der Waals surface area contributed by atoms with Crippen molar-refractivity contribution in [2.45, 2.75) is 193 Å². The molecule has 2 saturated heterocycles. The van der Waals surface area contributed by atoms with Crippen molar-refractivity contribution in [1.29, 1.82) is 0 Å². The first-order chi connectivity index (χ1) is 24.2. The maximum absolute atomic E-state index is 5.70. The van der Waals surface area contributed by atoms with Crippen LogP contribution in [0.5, 0.6) is 0 Å². The van der Waals surface area contributed by atoms with Crippen LogP contribution < -0.4 is 18.9 Å². The predicted octanol–water partition coefficient (Wildman–Crippen LogP) is 9.38. The Morgan fingerprint density at radius 2 is 0.940 bits per heavy atom. The summed E-state index contributed by atoms with van der Waals surface area (Å²) in [5, 5.41) is 1.07. The molecule has 2 fully saturated rings. The summed E-state index contributed by atoms with van der Waals surface area (Å²) < 4.78 is 22.2. The molecular formula is C44H74BrLiO4. The van der Waals surface area contributed by atoms with E-state index in [-0.39, 0.29) is 31.4 Å². The Morgan fingerprint density at radius 3 is 1.28 bits per heavy atom. The van der Waals surface area contributed by atoms with E-state index < -0.39 is 0 Å². The molecule has 0 amide bonds. The Hall–Kier alpha value is -0.843. The molecule has 6 heteroatoms. The van der Waals surface area contributed by atoms with Crippen molar-refractivity contribution in [2.24, 2.45) is 0 Å². The van der Waals surface area contributed by atoms with Gasteiger partial charge in [-0.05, 0) is 89.9 Å². The maximum atomic E-state index is 5.70. The molecule has 2 heterocycles. The molecule has 0 radical (unpaired) electrons. The second-order valence-electron chi connectivity index (χ2n) is 12.5. The number of hydrogen-bond acceptors (Lipinski definition) is 4. The van der Waals surface area contributed by atoms with Gasteiger partial charge in [-0.2, -0.15) is 6.42 Å². The van der Waals surface area contributed by atoms with Crippen LogP contribution in [0, 0.1) is 55.8 Å². The average molecular weight is 754 g/mol. The average Bonchev–Trinajstić information content (AvgIpc) is 3.15. The van der Waals surface area contributed by atoms with Crippen molar-refractivity contribution in [3.63, 3.8) is 0 Å². The van der Waals surface area contributed by atoms with Crippen LogP contribution in [0.3, 0.4) is 0 Å². The van der Waals surface area contributed by atoms with E-state index in [1.165, 1.54) is 103 Å². The monoisotopic (exact) mass is 752 g/mol. The van der Waals surface area contributed by atoms with E-state index in [2.05, 4.69) is 59.4 Å². The summed E-state index contributed by atoms with van der Waals surface area (Å²) in [6.45, 7) is 9.11. The van der Waals surface area contributed by atoms with Gasteiger partial charge < -0.3 is 25.9 Å². The zero-order chi connectivity index (χ0) is 36.1. The Bertz CT molecular complexity index is 802. The van der Waals surface area contributed by atoms with E-state index in [1.54, 1.807) is 0 Å². The van der Waals surface area contributed by atoms with Crippen molar-refractivity contribution in [1.82, 2.24) is 0 Å². The Morgan fingerprint density at radius 1 is 0.580 bits per heavy atom. The molecule has 0 spiro atoms. The summed E-state index contributed by atoms with van der Waals surface area (Å²) in [5.74, 6) is 14.5. The van der Waals surface area contributed by atoms with Crippen molar-refractivity contribution < 1.29 is 37.8 Å². The smallest absolute Gasteiger partial charge is 0.353 e. The van der Waals surface area contributed by atoms with Gasteiger partial charge in [0, 0.05) is 63.9 Å². The van der Waals surface area contributed by atoms with Gasteiger partial charge in [0.2, 0.25) is 0 Å². The van der Waals surface area contributed by atoms with E-state index >= 15 is 0 Å². The maximum Gasteiger partial charge on any atom is 1.00 e.